The summed E-state index contributed by atoms with van der Waals surface area (Å²) in [6.07, 6.45) is 4.27. The molecule has 1 saturated carbocycles. The number of hydrogen-bond acceptors (Lipinski definition) is 6. The number of imidazole rings is 1. The molecule has 1 aliphatic carbocycles. The molecule has 0 aliphatic heterocycles. The van der Waals surface area contributed by atoms with E-state index in [1.165, 1.54) is 17.8 Å². The number of methoxy groups -OCH3 is 1. The van der Waals surface area contributed by atoms with Gasteiger partial charge in [-0.15, -0.1) is 5.10 Å². The van der Waals surface area contributed by atoms with Crippen molar-refractivity contribution in [3.05, 3.63) is 22.4 Å². The third-order valence-electron chi connectivity index (χ3n) is 4.23. The summed E-state index contributed by atoms with van der Waals surface area (Å²) in [5, 5.41) is 13.9. The van der Waals surface area contributed by atoms with Crippen LogP contribution in [0.4, 0.5) is 5.95 Å². The highest BCUT2D eigenvalue weighted by molar-refractivity contribution is 5.44. The van der Waals surface area contributed by atoms with Crippen molar-refractivity contribution in [2.45, 2.75) is 37.9 Å². The Labute approximate surface area is 120 Å². The van der Waals surface area contributed by atoms with E-state index in [-0.39, 0.29) is 23.3 Å². The number of nitrogens with zero attached hydrogens (tertiary/aromatic N) is 3. The molecule has 8 nitrogen and oxygen atoms in total. The number of aliphatic hydroxyl groups excluding tert-OH is 1. The Morgan fingerprint density at radius 2 is 2.19 bits per heavy atom. The zero-order valence-electron chi connectivity index (χ0n) is 11.8. The Morgan fingerprint density at radius 1 is 1.48 bits per heavy atom. The molecule has 0 saturated heterocycles. The highest BCUT2D eigenvalue weighted by atomic mass is 16.6. The predicted octanol–water partition coefficient (Wildman–Crippen LogP) is 0.238. The second kappa shape index (κ2) is 5.45. The zero-order valence-corrected chi connectivity index (χ0v) is 11.8. The fourth-order valence-electron chi connectivity index (χ4n) is 3.07. The minimum absolute atomic E-state index is 0.0789. The molecule has 0 bridgehead atoms. The van der Waals surface area contributed by atoms with Gasteiger partial charge in [0.1, 0.15) is 5.82 Å². The first kappa shape index (κ1) is 14.0. The Kier molecular flexibility index (Phi) is 3.64. The van der Waals surface area contributed by atoms with Gasteiger partial charge >= 0.3 is 0 Å². The van der Waals surface area contributed by atoms with Gasteiger partial charge in [-0.1, -0.05) is 0 Å². The van der Waals surface area contributed by atoms with Crippen molar-refractivity contribution in [1.82, 2.24) is 19.6 Å². The van der Waals surface area contributed by atoms with Crippen molar-refractivity contribution in [1.29, 1.82) is 0 Å². The van der Waals surface area contributed by atoms with Crippen LogP contribution in [0.25, 0.3) is 5.52 Å². The lowest BCUT2D eigenvalue weighted by Gasteiger charge is -2.29. The molecule has 0 amide bonds. The molecule has 2 heterocycles. The first-order chi connectivity index (χ1) is 10.1. The normalized spacial score (nSPS) is 24.3. The average Bonchev–Trinajstić information content (AvgIpc) is 2.90. The maximum absolute atomic E-state index is 11.8. The van der Waals surface area contributed by atoms with E-state index in [1.807, 2.05) is 0 Å². The van der Waals surface area contributed by atoms with Gasteiger partial charge in [0, 0.05) is 18.9 Å². The minimum Gasteiger partial charge on any atom is -0.368 e. The highest BCUT2D eigenvalue weighted by Crippen LogP contribution is 2.36. The number of aromatic nitrogens is 4. The molecule has 4 N–H and O–H groups in total. The average molecular weight is 293 g/mol. The van der Waals surface area contributed by atoms with Crippen molar-refractivity contribution in [3.63, 3.8) is 0 Å². The van der Waals surface area contributed by atoms with E-state index >= 15 is 0 Å². The molecule has 0 radical (unpaired) electrons. The number of nitrogens with one attached hydrogen (secondary N) is 1. The van der Waals surface area contributed by atoms with Crippen LogP contribution >= 0.6 is 0 Å². The number of aliphatic hydroxyl groups is 1. The highest BCUT2D eigenvalue weighted by Gasteiger charge is 2.29. The van der Waals surface area contributed by atoms with Crippen LogP contribution in [0.5, 0.6) is 0 Å². The van der Waals surface area contributed by atoms with Crippen molar-refractivity contribution < 1.29 is 9.84 Å². The number of ether oxygens (including phenoxy) is 1. The topological polar surface area (TPSA) is 119 Å². The van der Waals surface area contributed by atoms with E-state index in [0.29, 0.717) is 5.52 Å². The van der Waals surface area contributed by atoms with Gasteiger partial charge in [0.25, 0.3) is 5.56 Å². The predicted molar refractivity (Wildman–Crippen MR) is 75.7 cm³/mol. The fourth-order valence-corrected chi connectivity index (χ4v) is 3.07. The van der Waals surface area contributed by atoms with Gasteiger partial charge in [0.05, 0.1) is 6.20 Å². The molecule has 3 rings (SSSR count). The third kappa shape index (κ3) is 2.52. The number of anilines is 1. The Morgan fingerprint density at radius 3 is 2.86 bits per heavy atom. The van der Waals surface area contributed by atoms with Crippen LogP contribution in [0.3, 0.4) is 0 Å². The van der Waals surface area contributed by atoms with Crippen molar-refractivity contribution in [2.75, 3.05) is 12.8 Å². The molecule has 2 aromatic rings. The maximum Gasteiger partial charge on any atom is 0.278 e. The van der Waals surface area contributed by atoms with Crippen LogP contribution in [0.1, 0.15) is 37.4 Å². The molecule has 8 heteroatoms. The second-order valence-electron chi connectivity index (χ2n) is 5.49. The smallest absolute Gasteiger partial charge is 0.278 e. The van der Waals surface area contributed by atoms with E-state index in [9.17, 15) is 9.90 Å². The largest absolute Gasteiger partial charge is 0.368 e. The lowest BCUT2D eigenvalue weighted by atomic mass is 9.81. The summed E-state index contributed by atoms with van der Waals surface area (Å²) in [4.78, 5) is 18.6. The molecule has 0 aromatic carbocycles. The molecular weight excluding hydrogens is 274 g/mol. The quantitative estimate of drug-likeness (QED) is 0.697. The lowest BCUT2D eigenvalue weighted by Crippen LogP contribution is -2.27. The van der Waals surface area contributed by atoms with E-state index in [1.54, 1.807) is 0 Å². The molecule has 1 atom stereocenters. The number of nitrogens with two attached hydrogens (primary N) is 1. The number of nitrogen functional groups attached to an aromatic ring is 1. The van der Waals surface area contributed by atoms with Gasteiger partial charge < -0.3 is 15.6 Å². The Balaban J connectivity index is 1.84. The minimum atomic E-state index is -0.709. The summed E-state index contributed by atoms with van der Waals surface area (Å²) in [7, 11) is 1.51. The Hall–Kier alpha value is -1.93. The van der Waals surface area contributed by atoms with Crippen molar-refractivity contribution >= 4 is 11.5 Å². The fraction of sp³-hybridized carbons (Fsp3) is 0.615. The molecule has 0 spiro atoms. The van der Waals surface area contributed by atoms with Crippen LogP contribution in [0, 0.1) is 5.92 Å². The summed E-state index contributed by atoms with van der Waals surface area (Å²) < 4.78 is 6.51. The van der Waals surface area contributed by atoms with Gasteiger partial charge in [-0.2, -0.15) is 0 Å². The van der Waals surface area contributed by atoms with Gasteiger partial charge in [0.2, 0.25) is 5.95 Å². The third-order valence-corrected chi connectivity index (χ3v) is 4.23. The van der Waals surface area contributed by atoms with Crippen LogP contribution in [-0.2, 0) is 4.74 Å². The second-order valence-corrected chi connectivity index (χ2v) is 5.49. The molecule has 1 aliphatic rings. The van der Waals surface area contributed by atoms with Crippen molar-refractivity contribution in [3.8, 4) is 0 Å². The molecule has 21 heavy (non-hydrogen) atoms. The molecule has 114 valence electrons. The summed E-state index contributed by atoms with van der Waals surface area (Å²) in [6.45, 7) is 0. The molecule has 2 aromatic heterocycles. The summed E-state index contributed by atoms with van der Waals surface area (Å²) in [5.41, 5.74) is 5.71. The van der Waals surface area contributed by atoms with E-state index in [4.69, 9.17) is 10.5 Å². The van der Waals surface area contributed by atoms with E-state index in [2.05, 4.69) is 15.1 Å². The van der Waals surface area contributed by atoms with E-state index < -0.39 is 6.29 Å². The number of hydrogen-bond donors (Lipinski definition) is 3. The van der Waals surface area contributed by atoms with Crippen LogP contribution in [0.2, 0.25) is 0 Å². The molecular formula is C13H19N5O3. The van der Waals surface area contributed by atoms with Gasteiger partial charge in [-0.05, 0) is 25.7 Å². The first-order valence-electron chi connectivity index (χ1n) is 7.04. The number of H-pyrrole nitrogens is 1. The van der Waals surface area contributed by atoms with Gasteiger partial charge in [0.15, 0.2) is 11.8 Å². The number of aromatic amines is 1. The summed E-state index contributed by atoms with van der Waals surface area (Å²) in [6, 6.07) is 0. The summed E-state index contributed by atoms with van der Waals surface area (Å²) in [5.74, 6) is 1.20. The van der Waals surface area contributed by atoms with Crippen LogP contribution < -0.4 is 11.3 Å². The standard InChI is InChI=1S/C13H19N5O3/c1-21-12(20)8-4-2-7(3-5-8)10-15-6-9-11(19)16-13(14)17-18(9)10/h6-8,12,20H,2-5H2,1H3,(H3,14,16,17,19). The lowest BCUT2D eigenvalue weighted by molar-refractivity contribution is -0.121. The Bertz CT molecular complexity index is 687. The van der Waals surface area contributed by atoms with E-state index in [0.717, 1.165) is 31.5 Å². The van der Waals surface area contributed by atoms with Crippen molar-refractivity contribution in [2.24, 2.45) is 5.92 Å². The van der Waals surface area contributed by atoms with Crippen LogP contribution in [-0.4, -0.2) is 38.1 Å². The SMILES string of the molecule is COC(O)C1CCC(c2ncc3c(=O)[nH]c(N)nn23)CC1. The van der Waals surface area contributed by atoms with Gasteiger partial charge in [-0.25, -0.2) is 9.50 Å². The van der Waals surface area contributed by atoms with Gasteiger partial charge in [-0.3, -0.25) is 9.78 Å². The first-order valence-corrected chi connectivity index (χ1v) is 7.04. The summed E-state index contributed by atoms with van der Waals surface area (Å²) >= 11 is 0. The molecule has 1 fully saturated rings. The number of fused-ring (bicyclic) bond motifs is 1. The maximum atomic E-state index is 11.8. The monoisotopic (exact) mass is 293 g/mol. The van der Waals surface area contributed by atoms with Crippen LogP contribution in [0.15, 0.2) is 11.0 Å². The zero-order chi connectivity index (χ0) is 15.0. The number of rotatable bonds is 3. The molecule has 1 unspecified atom stereocenters.